The molecule has 0 aromatic heterocycles. The number of urea groups is 1. The molecule has 4 nitrogen and oxygen atoms in total. The molecule has 1 aromatic rings. The van der Waals surface area contributed by atoms with E-state index in [9.17, 15) is 4.79 Å². The Morgan fingerprint density at radius 2 is 1.88 bits per heavy atom. The first-order valence-corrected chi connectivity index (χ1v) is 5.47. The maximum absolute atomic E-state index is 11.1. The van der Waals surface area contributed by atoms with E-state index in [0.29, 0.717) is 6.54 Å². The van der Waals surface area contributed by atoms with Crippen LogP contribution in [0, 0.1) is 0 Å². The van der Waals surface area contributed by atoms with Crippen molar-refractivity contribution in [1.82, 2.24) is 10.3 Å². The summed E-state index contributed by atoms with van der Waals surface area (Å²) in [6.45, 7) is 2.79. The Morgan fingerprint density at radius 3 is 2.38 bits per heavy atom. The van der Waals surface area contributed by atoms with E-state index in [1.807, 2.05) is 0 Å². The second-order valence-electron chi connectivity index (χ2n) is 3.79. The molecule has 0 saturated carbocycles. The van der Waals surface area contributed by atoms with E-state index in [0.717, 1.165) is 12.8 Å². The van der Waals surface area contributed by atoms with Gasteiger partial charge in [0.1, 0.15) is 0 Å². The predicted octanol–water partition coefficient (Wildman–Crippen LogP) is 1.31. The molecular formula is C12H19N3O. The van der Waals surface area contributed by atoms with Crippen LogP contribution in [-0.4, -0.2) is 24.5 Å². The molecule has 0 saturated heterocycles. The average molecular weight is 221 g/mol. The lowest BCUT2D eigenvalue weighted by Crippen LogP contribution is -2.41. The molecule has 0 radical (unpaired) electrons. The third-order valence-electron chi connectivity index (χ3n) is 2.64. The van der Waals surface area contributed by atoms with Gasteiger partial charge in [0.15, 0.2) is 0 Å². The summed E-state index contributed by atoms with van der Waals surface area (Å²) in [7, 11) is 1.72. The van der Waals surface area contributed by atoms with E-state index >= 15 is 0 Å². The van der Waals surface area contributed by atoms with Crippen molar-refractivity contribution in [3.05, 3.63) is 35.4 Å². The first-order chi connectivity index (χ1) is 7.67. The first kappa shape index (κ1) is 12.5. The summed E-state index contributed by atoms with van der Waals surface area (Å²) in [5, 5.41) is 0. The van der Waals surface area contributed by atoms with Crippen LogP contribution >= 0.6 is 0 Å². The summed E-state index contributed by atoms with van der Waals surface area (Å²) in [4.78, 5) is 12.7. The number of carbonyl (C=O) groups excluding carboxylic acids is 1. The van der Waals surface area contributed by atoms with Gasteiger partial charge in [0.25, 0.3) is 0 Å². The number of rotatable bonds is 4. The molecule has 2 amide bonds. The number of hydrogen-bond acceptors (Lipinski definition) is 2. The molecule has 88 valence electrons. The molecule has 0 aliphatic heterocycles. The smallest absolute Gasteiger partial charge is 0.326 e. The van der Waals surface area contributed by atoms with E-state index in [1.54, 1.807) is 11.9 Å². The predicted molar refractivity (Wildman–Crippen MR) is 64.9 cm³/mol. The molecule has 4 heteroatoms. The van der Waals surface area contributed by atoms with E-state index in [2.05, 4.69) is 36.6 Å². The lowest BCUT2D eigenvalue weighted by molar-refractivity contribution is 0.209. The highest BCUT2D eigenvalue weighted by atomic mass is 16.2. The number of hydrazine groups is 1. The minimum Gasteiger partial charge on any atom is -0.326 e. The van der Waals surface area contributed by atoms with E-state index < -0.39 is 0 Å². The van der Waals surface area contributed by atoms with Crippen molar-refractivity contribution in [2.45, 2.75) is 19.8 Å². The van der Waals surface area contributed by atoms with E-state index in [1.165, 1.54) is 11.1 Å². The van der Waals surface area contributed by atoms with E-state index in [4.69, 9.17) is 5.84 Å². The van der Waals surface area contributed by atoms with Crippen LogP contribution in [0.5, 0.6) is 0 Å². The molecule has 0 bridgehead atoms. The highest BCUT2D eigenvalue weighted by molar-refractivity contribution is 5.73. The number of nitrogens with zero attached hydrogens (tertiary/aromatic N) is 1. The summed E-state index contributed by atoms with van der Waals surface area (Å²) in [5.41, 5.74) is 4.67. The number of aryl methyl sites for hydroxylation is 1. The van der Waals surface area contributed by atoms with Gasteiger partial charge >= 0.3 is 6.03 Å². The maximum atomic E-state index is 11.1. The Kier molecular flexibility index (Phi) is 4.79. The Morgan fingerprint density at radius 1 is 1.31 bits per heavy atom. The van der Waals surface area contributed by atoms with Gasteiger partial charge in [-0.3, -0.25) is 5.43 Å². The zero-order valence-electron chi connectivity index (χ0n) is 9.86. The van der Waals surface area contributed by atoms with Crippen molar-refractivity contribution in [1.29, 1.82) is 0 Å². The van der Waals surface area contributed by atoms with Crippen LogP contribution in [0.3, 0.4) is 0 Å². The number of nitrogens with one attached hydrogen (secondary N) is 1. The van der Waals surface area contributed by atoms with Gasteiger partial charge in [-0.2, -0.15) is 0 Å². The Balaban J connectivity index is 2.45. The van der Waals surface area contributed by atoms with Crippen molar-refractivity contribution in [3.63, 3.8) is 0 Å². The standard InChI is InChI=1S/C12H19N3O/c1-3-10-4-6-11(7-5-10)8-9-15(2)12(16)14-13/h4-7H,3,8-9,13H2,1-2H3,(H,14,16). The Labute approximate surface area is 96.4 Å². The third-order valence-corrected chi connectivity index (χ3v) is 2.64. The monoisotopic (exact) mass is 221 g/mol. The molecule has 0 aliphatic carbocycles. The van der Waals surface area contributed by atoms with Crippen LogP contribution in [0.25, 0.3) is 0 Å². The van der Waals surface area contributed by atoms with Crippen LogP contribution in [0.4, 0.5) is 4.79 Å². The van der Waals surface area contributed by atoms with Gasteiger partial charge in [0, 0.05) is 13.6 Å². The fourth-order valence-electron chi connectivity index (χ4n) is 1.45. The minimum atomic E-state index is -0.259. The Bertz CT molecular complexity index is 335. The van der Waals surface area contributed by atoms with Crippen LogP contribution in [0.1, 0.15) is 18.1 Å². The highest BCUT2D eigenvalue weighted by Crippen LogP contribution is 2.06. The maximum Gasteiger partial charge on any atom is 0.331 e. The summed E-state index contributed by atoms with van der Waals surface area (Å²) in [5.74, 6) is 5.04. The van der Waals surface area contributed by atoms with Gasteiger partial charge in [-0.25, -0.2) is 10.6 Å². The van der Waals surface area contributed by atoms with Gasteiger partial charge in [-0.05, 0) is 24.0 Å². The van der Waals surface area contributed by atoms with E-state index in [-0.39, 0.29) is 6.03 Å². The van der Waals surface area contributed by atoms with Gasteiger partial charge < -0.3 is 4.90 Å². The summed E-state index contributed by atoms with van der Waals surface area (Å²) in [6.07, 6.45) is 1.89. The van der Waals surface area contributed by atoms with Crippen LogP contribution < -0.4 is 11.3 Å². The van der Waals surface area contributed by atoms with Crippen molar-refractivity contribution in [2.24, 2.45) is 5.84 Å². The third kappa shape index (κ3) is 3.55. The summed E-state index contributed by atoms with van der Waals surface area (Å²) >= 11 is 0. The second-order valence-corrected chi connectivity index (χ2v) is 3.79. The largest absolute Gasteiger partial charge is 0.331 e. The fourth-order valence-corrected chi connectivity index (χ4v) is 1.45. The zero-order chi connectivity index (χ0) is 12.0. The Hall–Kier alpha value is -1.55. The number of carbonyl (C=O) groups is 1. The topological polar surface area (TPSA) is 58.4 Å². The number of hydrogen-bond donors (Lipinski definition) is 2. The van der Waals surface area contributed by atoms with Gasteiger partial charge in [-0.1, -0.05) is 31.2 Å². The highest BCUT2D eigenvalue weighted by Gasteiger charge is 2.05. The summed E-state index contributed by atoms with van der Waals surface area (Å²) in [6, 6.07) is 8.20. The van der Waals surface area contributed by atoms with Gasteiger partial charge in [0.2, 0.25) is 0 Å². The minimum absolute atomic E-state index is 0.259. The lowest BCUT2D eigenvalue weighted by atomic mass is 10.1. The molecule has 3 N–H and O–H groups in total. The molecule has 0 aliphatic rings. The van der Waals surface area contributed by atoms with Crippen LogP contribution in [-0.2, 0) is 12.8 Å². The SMILES string of the molecule is CCc1ccc(CCN(C)C(=O)NN)cc1. The van der Waals surface area contributed by atoms with Crippen LogP contribution in [0.15, 0.2) is 24.3 Å². The normalized spacial score (nSPS) is 9.94. The first-order valence-electron chi connectivity index (χ1n) is 5.47. The zero-order valence-corrected chi connectivity index (χ0v) is 9.86. The number of likely N-dealkylation sites (N-methyl/N-ethyl adjacent to an activating group) is 1. The molecule has 0 atom stereocenters. The molecule has 1 rings (SSSR count). The molecular weight excluding hydrogens is 202 g/mol. The fraction of sp³-hybridized carbons (Fsp3) is 0.417. The molecule has 1 aromatic carbocycles. The molecule has 16 heavy (non-hydrogen) atoms. The lowest BCUT2D eigenvalue weighted by Gasteiger charge is -2.15. The summed E-state index contributed by atoms with van der Waals surface area (Å²) < 4.78 is 0. The molecule has 0 spiro atoms. The van der Waals surface area contributed by atoms with Crippen molar-refractivity contribution < 1.29 is 4.79 Å². The van der Waals surface area contributed by atoms with Crippen molar-refractivity contribution in [2.75, 3.05) is 13.6 Å². The van der Waals surface area contributed by atoms with Crippen LogP contribution in [0.2, 0.25) is 0 Å². The second kappa shape index (κ2) is 6.12. The van der Waals surface area contributed by atoms with Gasteiger partial charge in [-0.15, -0.1) is 0 Å². The van der Waals surface area contributed by atoms with Crippen molar-refractivity contribution in [3.8, 4) is 0 Å². The molecule has 0 fully saturated rings. The molecule has 0 unspecified atom stereocenters. The number of amides is 2. The number of nitrogens with two attached hydrogens (primary N) is 1. The average Bonchev–Trinajstić information content (AvgIpc) is 2.35. The quantitative estimate of drug-likeness (QED) is 0.457. The van der Waals surface area contributed by atoms with Gasteiger partial charge in [0.05, 0.1) is 0 Å². The number of benzene rings is 1. The van der Waals surface area contributed by atoms with Crippen molar-refractivity contribution >= 4 is 6.03 Å². The molecule has 0 heterocycles.